The van der Waals surface area contributed by atoms with Crippen LogP contribution >= 0.6 is 0 Å². The van der Waals surface area contributed by atoms with E-state index in [1.54, 1.807) is 7.11 Å². The van der Waals surface area contributed by atoms with Crippen molar-refractivity contribution in [1.82, 2.24) is 5.32 Å². The Bertz CT molecular complexity index is 1100. The Morgan fingerprint density at radius 3 is 2.32 bits per heavy atom. The van der Waals surface area contributed by atoms with Gasteiger partial charge in [-0.1, -0.05) is 71.1 Å². The van der Waals surface area contributed by atoms with Gasteiger partial charge in [0.15, 0.2) is 17.1 Å². The minimum absolute atomic E-state index is 0.0677. The molecule has 0 atom stereocenters. The van der Waals surface area contributed by atoms with E-state index >= 15 is 0 Å². The monoisotopic (exact) mass is 462 g/mol. The zero-order chi connectivity index (χ0) is 24.1. The maximum atomic E-state index is 13.0. The number of carbonyl (C=O) groups excluding carboxylic acids is 1. The number of anilines is 1. The number of hydrogen-bond acceptors (Lipinski definition) is 4. The van der Waals surface area contributed by atoms with Gasteiger partial charge in [0.05, 0.1) is 7.11 Å². The standard InChI is InChI=1S/C29H38N2O3/c1-29(2,3)21-13-15-23(16-14-21)31-28(32)26-18-24-20(12-17-25(33-4)27(24)34-26)19-30-22-10-8-6-5-7-9-11-22/h12-18,22,30H,5-11,19H2,1-4H3,(H,31,32). The van der Waals surface area contributed by atoms with Crippen LogP contribution in [-0.2, 0) is 12.0 Å². The molecule has 1 aromatic heterocycles. The Kier molecular flexibility index (Phi) is 7.62. The fourth-order valence-electron chi connectivity index (χ4n) is 4.74. The Morgan fingerprint density at radius 2 is 1.68 bits per heavy atom. The molecular weight excluding hydrogens is 424 g/mol. The fourth-order valence-corrected chi connectivity index (χ4v) is 4.74. The zero-order valence-corrected chi connectivity index (χ0v) is 21.0. The highest BCUT2D eigenvalue weighted by Crippen LogP contribution is 2.32. The first-order valence-electron chi connectivity index (χ1n) is 12.6. The summed E-state index contributed by atoms with van der Waals surface area (Å²) in [6.07, 6.45) is 9.09. The molecule has 1 aliphatic rings. The van der Waals surface area contributed by atoms with Gasteiger partial charge in [-0.2, -0.15) is 0 Å². The molecule has 5 heteroatoms. The van der Waals surface area contributed by atoms with Crippen LogP contribution in [0.5, 0.6) is 5.75 Å². The van der Waals surface area contributed by atoms with E-state index in [1.807, 2.05) is 24.3 Å². The average molecular weight is 463 g/mol. The van der Waals surface area contributed by atoms with E-state index in [-0.39, 0.29) is 17.1 Å². The predicted molar refractivity (Wildman–Crippen MR) is 139 cm³/mol. The molecule has 0 aliphatic heterocycles. The van der Waals surface area contributed by atoms with Crippen LogP contribution in [0.4, 0.5) is 5.69 Å². The molecule has 2 aromatic carbocycles. The first kappa shape index (κ1) is 24.3. The molecule has 182 valence electrons. The van der Waals surface area contributed by atoms with Crippen molar-refractivity contribution in [1.29, 1.82) is 0 Å². The lowest BCUT2D eigenvalue weighted by atomic mass is 9.87. The molecule has 1 amide bonds. The Balaban J connectivity index is 1.51. The molecule has 34 heavy (non-hydrogen) atoms. The van der Waals surface area contributed by atoms with Gasteiger partial charge in [-0.3, -0.25) is 4.79 Å². The number of hydrogen-bond donors (Lipinski definition) is 2. The number of methoxy groups -OCH3 is 1. The van der Waals surface area contributed by atoms with Gasteiger partial charge < -0.3 is 19.8 Å². The number of rotatable bonds is 6. The second kappa shape index (κ2) is 10.6. The third-order valence-corrected chi connectivity index (χ3v) is 6.88. The summed E-state index contributed by atoms with van der Waals surface area (Å²) in [5, 5.41) is 7.63. The van der Waals surface area contributed by atoms with E-state index in [9.17, 15) is 4.79 Å². The number of furan rings is 1. The summed E-state index contributed by atoms with van der Waals surface area (Å²) in [6.45, 7) is 7.27. The van der Waals surface area contributed by atoms with Gasteiger partial charge in [0.1, 0.15) is 0 Å². The molecule has 1 aliphatic carbocycles. The lowest BCUT2D eigenvalue weighted by molar-refractivity contribution is 0.0998. The topological polar surface area (TPSA) is 63.5 Å². The van der Waals surface area contributed by atoms with Crippen molar-refractivity contribution in [2.75, 3.05) is 12.4 Å². The number of benzene rings is 2. The minimum atomic E-state index is -0.263. The van der Waals surface area contributed by atoms with E-state index in [1.165, 1.54) is 50.5 Å². The van der Waals surface area contributed by atoms with Crippen LogP contribution in [0.3, 0.4) is 0 Å². The molecule has 0 saturated heterocycles. The Morgan fingerprint density at radius 1 is 1.00 bits per heavy atom. The van der Waals surface area contributed by atoms with Crippen LogP contribution in [0.1, 0.15) is 87.4 Å². The van der Waals surface area contributed by atoms with E-state index in [4.69, 9.17) is 9.15 Å². The summed E-state index contributed by atoms with van der Waals surface area (Å²) in [5.74, 6) is 0.658. The van der Waals surface area contributed by atoms with Gasteiger partial charge in [0, 0.05) is 23.7 Å². The molecule has 5 nitrogen and oxygen atoms in total. The molecule has 4 rings (SSSR count). The number of carbonyl (C=O) groups is 1. The first-order chi connectivity index (χ1) is 16.3. The van der Waals surface area contributed by atoms with E-state index in [2.05, 4.69) is 49.6 Å². The van der Waals surface area contributed by atoms with Crippen LogP contribution in [0.15, 0.2) is 46.9 Å². The van der Waals surface area contributed by atoms with Crippen LogP contribution in [0.2, 0.25) is 0 Å². The van der Waals surface area contributed by atoms with Crippen LogP contribution in [0, 0.1) is 0 Å². The summed E-state index contributed by atoms with van der Waals surface area (Å²) < 4.78 is 11.5. The number of ether oxygens (including phenoxy) is 1. The third-order valence-electron chi connectivity index (χ3n) is 6.88. The predicted octanol–water partition coefficient (Wildman–Crippen LogP) is 7.19. The second-order valence-corrected chi connectivity index (χ2v) is 10.5. The fraction of sp³-hybridized carbons (Fsp3) is 0.483. The van der Waals surface area contributed by atoms with Crippen molar-refractivity contribution >= 4 is 22.6 Å². The molecule has 0 unspecified atom stereocenters. The van der Waals surface area contributed by atoms with Gasteiger partial charge in [-0.15, -0.1) is 0 Å². The summed E-state index contributed by atoms with van der Waals surface area (Å²) >= 11 is 0. The maximum absolute atomic E-state index is 13.0. The molecule has 2 N–H and O–H groups in total. The molecule has 1 heterocycles. The zero-order valence-electron chi connectivity index (χ0n) is 21.0. The van der Waals surface area contributed by atoms with E-state index in [0.29, 0.717) is 17.4 Å². The molecule has 1 saturated carbocycles. The van der Waals surface area contributed by atoms with Crippen molar-refractivity contribution in [2.24, 2.45) is 0 Å². The van der Waals surface area contributed by atoms with Gasteiger partial charge in [-0.25, -0.2) is 0 Å². The highest BCUT2D eigenvalue weighted by Gasteiger charge is 2.19. The quantitative estimate of drug-likeness (QED) is 0.407. The van der Waals surface area contributed by atoms with Crippen molar-refractivity contribution < 1.29 is 13.9 Å². The Hall–Kier alpha value is -2.79. The van der Waals surface area contributed by atoms with Crippen molar-refractivity contribution in [2.45, 2.75) is 83.7 Å². The van der Waals surface area contributed by atoms with E-state index < -0.39 is 0 Å². The number of amides is 1. The van der Waals surface area contributed by atoms with Gasteiger partial charge in [-0.05, 0) is 53.6 Å². The molecule has 3 aromatic rings. The largest absolute Gasteiger partial charge is 0.493 e. The molecule has 0 bridgehead atoms. The minimum Gasteiger partial charge on any atom is -0.493 e. The van der Waals surface area contributed by atoms with Crippen molar-refractivity contribution in [3.63, 3.8) is 0 Å². The van der Waals surface area contributed by atoms with Crippen LogP contribution in [-0.4, -0.2) is 19.1 Å². The number of nitrogens with one attached hydrogen (secondary N) is 2. The smallest absolute Gasteiger partial charge is 0.291 e. The summed E-state index contributed by atoms with van der Waals surface area (Å²) in [7, 11) is 1.63. The maximum Gasteiger partial charge on any atom is 0.291 e. The average Bonchev–Trinajstić information content (AvgIpc) is 3.24. The normalized spacial score (nSPS) is 15.6. The van der Waals surface area contributed by atoms with Gasteiger partial charge >= 0.3 is 0 Å². The number of fused-ring (bicyclic) bond motifs is 1. The SMILES string of the molecule is COc1ccc(CNC2CCCCCCC2)c2cc(C(=O)Nc3ccc(C(C)(C)C)cc3)oc12. The molecule has 0 spiro atoms. The third kappa shape index (κ3) is 5.82. The highest BCUT2D eigenvalue weighted by molar-refractivity contribution is 6.05. The Labute approximate surface area is 203 Å². The van der Waals surface area contributed by atoms with E-state index in [0.717, 1.165) is 23.2 Å². The highest BCUT2D eigenvalue weighted by atomic mass is 16.5. The van der Waals surface area contributed by atoms with Crippen molar-refractivity contribution in [3.05, 3.63) is 59.4 Å². The summed E-state index contributed by atoms with van der Waals surface area (Å²) in [5.41, 5.74) is 3.78. The van der Waals surface area contributed by atoms with Gasteiger partial charge in [0.25, 0.3) is 5.91 Å². The van der Waals surface area contributed by atoms with Crippen molar-refractivity contribution in [3.8, 4) is 5.75 Å². The van der Waals surface area contributed by atoms with Crippen LogP contribution < -0.4 is 15.4 Å². The van der Waals surface area contributed by atoms with Crippen LogP contribution in [0.25, 0.3) is 11.0 Å². The summed E-state index contributed by atoms with van der Waals surface area (Å²) in [4.78, 5) is 13.0. The lowest BCUT2D eigenvalue weighted by Gasteiger charge is -2.21. The summed E-state index contributed by atoms with van der Waals surface area (Å²) in [6, 6.07) is 14.4. The molecule has 0 radical (unpaired) electrons. The van der Waals surface area contributed by atoms with Gasteiger partial charge in [0.2, 0.25) is 0 Å². The molecule has 1 fully saturated rings. The molecular formula is C29H38N2O3. The second-order valence-electron chi connectivity index (χ2n) is 10.5. The lowest BCUT2D eigenvalue weighted by Crippen LogP contribution is -2.29. The first-order valence-corrected chi connectivity index (χ1v) is 12.6.